The molecule has 0 aromatic carbocycles. The number of aliphatic hydroxyl groups is 8. The van der Waals surface area contributed by atoms with Crippen LogP contribution in [0.25, 0.3) is 0 Å². The number of unbranched alkanes of at least 4 members (excludes halogenated alkanes) is 1. The lowest BCUT2D eigenvalue weighted by Crippen LogP contribution is -2.62. The summed E-state index contributed by atoms with van der Waals surface area (Å²) in [5, 5.41) is 84.1. The van der Waals surface area contributed by atoms with Crippen LogP contribution in [-0.2, 0) is 14.3 Å². The summed E-state index contributed by atoms with van der Waals surface area (Å²) in [5.74, 6) is -0.978. The maximum atomic E-state index is 12.1. The molecule has 14 nitrogen and oxygen atoms in total. The summed E-state index contributed by atoms with van der Waals surface area (Å²) in [6, 6.07) is 0. The molecule has 1 aliphatic heterocycles. The molecule has 0 spiro atoms. The number of hydrogen-bond acceptors (Lipinski definition) is 13. The third kappa shape index (κ3) is 8.40. The summed E-state index contributed by atoms with van der Waals surface area (Å²) >= 11 is 0. The topological polar surface area (TPSA) is 247 Å². The van der Waals surface area contributed by atoms with Crippen LogP contribution in [-0.4, -0.2) is 141 Å². The molecule has 9 atom stereocenters. The van der Waals surface area contributed by atoms with Crippen molar-refractivity contribution in [1.82, 2.24) is 10.6 Å². The van der Waals surface area contributed by atoms with E-state index in [0.717, 1.165) is 12.8 Å². The Morgan fingerprint density at radius 1 is 1.00 bits per heavy atom. The highest BCUT2D eigenvalue weighted by molar-refractivity contribution is 5.81. The summed E-state index contributed by atoms with van der Waals surface area (Å²) in [6.45, 7) is 0.103. The number of amides is 1. The summed E-state index contributed by atoms with van der Waals surface area (Å²) in [5.41, 5.74) is 5.38. The Hall–Kier alpha value is -1.01. The van der Waals surface area contributed by atoms with Gasteiger partial charge < -0.3 is 66.7 Å². The first kappa shape index (κ1) is 29.0. The molecule has 190 valence electrons. The van der Waals surface area contributed by atoms with Gasteiger partial charge in [-0.3, -0.25) is 4.79 Å². The van der Waals surface area contributed by atoms with Gasteiger partial charge in [0.1, 0.15) is 42.7 Å². The van der Waals surface area contributed by atoms with Crippen molar-refractivity contribution in [3.63, 3.8) is 0 Å². The van der Waals surface area contributed by atoms with E-state index < -0.39 is 74.2 Å². The smallest absolute Gasteiger partial charge is 0.251 e. The zero-order valence-electron chi connectivity index (χ0n) is 17.7. The quantitative estimate of drug-likeness (QED) is 0.0996. The Morgan fingerprint density at radius 2 is 1.69 bits per heavy atom. The molecule has 1 heterocycles. The summed E-state index contributed by atoms with van der Waals surface area (Å²) in [4.78, 5) is 12.1. The van der Waals surface area contributed by atoms with Crippen molar-refractivity contribution in [3.8, 4) is 0 Å². The summed E-state index contributed by atoms with van der Waals surface area (Å²) in [6.07, 6.45) is -14.5. The standard InChI is InChI=1S/C18H37N3O11/c19-3-1-2-4-20-5-6-21-17(30)14(28)13(27)16(9(24)7-22)32-18-15(29)12(26)11(25)10(8-23)31-18/h9-16,18,20,22-29H,1-8,19H2,(H,21,30)/t9?,10?,11?,12-,13+,14?,15-,16+,18?/m0/s1. The fourth-order valence-corrected chi connectivity index (χ4v) is 3.07. The minimum atomic E-state index is -2.08. The Labute approximate surface area is 185 Å². The lowest BCUT2D eigenvalue weighted by Gasteiger charge is -2.42. The van der Waals surface area contributed by atoms with Gasteiger partial charge >= 0.3 is 0 Å². The third-order valence-electron chi connectivity index (χ3n) is 5.04. The Kier molecular flexibility index (Phi) is 13.6. The van der Waals surface area contributed by atoms with Crippen molar-refractivity contribution in [2.45, 2.75) is 68.0 Å². The van der Waals surface area contributed by atoms with Gasteiger partial charge in [-0.1, -0.05) is 0 Å². The van der Waals surface area contributed by atoms with Crippen LogP contribution >= 0.6 is 0 Å². The van der Waals surface area contributed by atoms with E-state index in [0.29, 0.717) is 19.6 Å². The van der Waals surface area contributed by atoms with Gasteiger partial charge in [0.25, 0.3) is 5.91 Å². The van der Waals surface area contributed by atoms with Crippen LogP contribution in [0.4, 0.5) is 0 Å². The Bertz CT molecular complexity index is 530. The molecule has 1 rings (SSSR count). The molecule has 14 heteroatoms. The average Bonchev–Trinajstić information content (AvgIpc) is 2.80. The number of aliphatic hydroxyl groups excluding tert-OH is 8. The predicted molar refractivity (Wildman–Crippen MR) is 108 cm³/mol. The molecule has 1 fully saturated rings. The molecule has 1 aliphatic rings. The first-order valence-electron chi connectivity index (χ1n) is 10.5. The second kappa shape index (κ2) is 15.0. The fourth-order valence-electron chi connectivity index (χ4n) is 3.07. The third-order valence-corrected chi connectivity index (χ3v) is 5.04. The SMILES string of the molecule is NCCCCNCCNC(=O)C(O)[C@@H](O)[C@H](OC1OC(CO)C(O)[C@H](O)[C@@H]1O)C(O)CO. The average molecular weight is 472 g/mol. The van der Waals surface area contributed by atoms with Gasteiger partial charge in [-0.05, 0) is 25.9 Å². The zero-order chi connectivity index (χ0) is 24.3. The van der Waals surface area contributed by atoms with Gasteiger partial charge in [0.15, 0.2) is 12.4 Å². The van der Waals surface area contributed by atoms with Crippen LogP contribution in [0, 0.1) is 0 Å². The number of carbonyl (C=O) groups is 1. The lowest BCUT2D eigenvalue weighted by atomic mass is 9.98. The Balaban J connectivity index is 2.68. The van der Waals surface area contributed by atoms with E-state index in [-0.39, 0.29) is 6.54 Å². The van der Waals surface area contributed by atoms with E-state index in [4.69, 9.17) is 15.2 Å². The van der Waals surface area contributed by atoms with E-state index >= 15 is 0 Å². The second-order valence-corrected chi connectivity index (χ2v) is 7.52. The molecule has 0 saturated carbocycles. The normalized spacial score (nSPS) is 29.8. The van der Waals surface area contributed by atoms with E-state index in [1.54, 1.807) is 0 Å². The molecule has 0 aromatic heterocycles. The minimum absolute atomic E-state index is 0.131. The molecule has 1 amide bonds. The van der Waals surface area contributed by atoms with Crippen LogP contribution in [0.3, 0.4) is 0 Å². The van der Waals surface area contributed by atoms with Gasteiger partial charge in [-0.25, -0.2) is 0 Å². The molecule has 5 unspecified atom stereocenters. The summed E-state index contributed by atoms with van der Waals surface area (Å²) < 4.78 is 10.4. The van der Waals surface area contributed by atoms with Crippen LogP contribution in [0.2, 0.25) is 0 Å². The van der Waals surface area contributed by atoms with Crippen molar-refractivity contribution >= 4 is 5.91 Å². The van der Waals surface area contributed by atoms with E-state index in [2.05, 4.69) is 10.6 Å². The van der Waals surface area contributed by atoms with E-state index in [9.17, 15) is 45.6 Å². The molecule has 0 aromatic rings. The van der Waals surface area contributed by atoms with E-state index in [1.807, 2.05) is 0 Å². The van der Waals surface area contributed by atoms with Gasteiger partial charge in [-0.2, -0.15) is 0 Å². The number of ether oxygens (including phenoxy) is 2. The first-order chi connectivity index (χ1) is 15.2. The molecule has 0 bridgehead atoms. The number of nitrogens with one attached hydrogen (secondary N) is 2. The van der Waals surface area contributed by atoms with Crippen molar-refractivity contribution in [2.24, 2.45) is 5.73 Å². The van der Waals surface area contributed by atoms with Crippen molar-refractivity contribution in [1.29, 1.82) is 0 Å². The monoisotopic (exact) mass is 471 g/mol. The van der Waals surface area contributed by atoms with Crippen LogP contribution in [0.5, 0.6) is 0 Å². The molecular formula is C18H37N3O11. The number of hydrogen-bond donors (Lipinski definition) is 11. The van der Waals surface area contributed by atoms with Gasteiger partial charge in [-0.15, -0.1) is 0 Å². The predicted octanol–water partition coefficient (Wildman–Crippen LogP) is -6.31. The maximum Gasteiger partial charge on any atom is 0.251 e. The fraction of sp³-hybridized carbons (Fsp3) is 0.944. The molecule has 32 heavy (non-hydrogen) atoms. The number of rotatable bonds is 15. The number of carbonyl (C=O) groups excluding carboxylic acids is 1. The maximum absolute atomic E-state index is 12.1. The molecule has 0 radical (unpaired) electrons. The highest BCUT2D eigenvalue weighted by atomic mass is 16.7. The molecule has 0 aliphatic carbocycles. The lowest BCUT2D eigenvalue weighted by molar-refractivity contribution is -0.326. The van der Waals surface area contributed by atoms with E-state index in [1.165, 1.54) is 0 Å². The summed E-state index contributed by atoms with van der Waals surface area (Å²) in [7, 11) is 0. The van der Waals surface area contributed by atoms with Gasteiger partial charge in [0.2, 0.25) is 0 Å². The first-order valence-corrected chi connectivity index (χ1v) is 10.5. The minimum Gasteiger partial charge on any atom is -0.394 e. The van der Waals surface area contributed by atoms with Crippen LogP contribution < -0.4 is 16.4 Å². The van der Waals surface area contributed by atoms with Crippen molar-refractivity contribution < 1.29 is 55.1 Å². The second-order valence-electron chi connectivity index (χ2n) is 7.52. The van der Waals surface area contributed by atoms with Gasteiger partial charge in [0, 0.05) is 13.1 Å². The largest absolute Gasteiger partial charge is 0.394 e. The Morgan fingerprint density at radius 3 is 2.28 bits per heavy atom. The van der Waals surface area contributed by atoms with Crippen molar-refractivity contribution in [3.05, 3.63) is 0 Å². The van der Waals surface area contributed by atoms with Crippen LogP contribution in [0.1, 0.15) is 12.8 Å². The highest BCUT2D eigenvalue weighted by Gasteiger charge is 2.47. The number of nitrogens with two attached hydrogens (primary N) is 1. The zero-order valence-corrected chi connectivity index (χ0v) is 17.7. The van der Waals surface area contributed by atoms with Crippen molar-refractivity contribution in [2.75, 3.05) is 39.4 Å². The molecular weight excluding hydrogens is 434 g/mol. The molecule has 12 N–H and O–H groups in total. The van der Waals surface area contributed by atoms with Gasteiger partial charge in [0.05, 0.1) is 13.2 Å². The molecule has 1 saturated heterocycles. The highest BCUT2D eigenvalue weighted by Crippen LogP contribution is 2.25. The van der Waals surface area contributed by atoms with Crippen LogP contribution in [0.15, 0.2) is 0 Å².